The van der Waals surface area contributed by atoms with Gasteiger partial charge >= 0.3 is 0 Å². The molecule has 0 atom stereocenters. The second-order valence-corrected chi connectivity index (χ2v) is 6.64. The molecule has 2 amide bonds. The Morgan fingerprint density at radius 2 is 1.79 bits per heavy atom. The van der Waals surface area contributed by atoms with Crippen molar-refractivity contribution in [3.63, 3.8) is 0 Å². The summed E-state index contributed by atoms with van der Waals surface area (Å²) >= 11 is 0. The van der Waals surface area contributed by atoms with E-state index in [0.717, 1.165) is 12.0 Å². The first-order chi connectivity index (χ1) is 13.7. The van der Waals surface area contributed by atoms with Crippen LogP contribution in [0.2, 0.25) is 0 Å². The summed E-state index contributed by atoms with van der Waals surface area (Å²) in [5.74, 6) is -0.242. The summed E-state index contributed by atoms with van der Waals surface area (Å²) in [5, 5.41) is 2.90. The van der Waals surface area contributed by atoms with E-state index in [-0.39, 0.29) is 17.6 Å². The molecule has 0 spiro atoms. The summed E-state index contributed by atoms with van der Waals surface area (Å²) < 4.78 is 6.99. The number of hydrogen-bond donors (Lipinski definition) is 1. The van der Waals surface area contributed by atoms with E-state index in [2.05, 4.69) is 10.3 Å². The number of rotatable bonds is 5. The third kappa shape index (κ3) is 3.75. The predicted octanol–water partition coefficient (Wildman–Crippen LogP) is 1.78. The zero-order valence-electron chi connectivity index (χ0n) is 15.5. The fourth-order valence-corrected chi connectivity index (χ4v) is 3.32. The van der Waals surface area contributed by atoms with Crippen LogP contribution in [0, 0.1) is 0 Å². The van der Waals surface area contributed by atoms with Crippen LogP contribution in [0.5, 0.6) is 0 Å². The molecule has 1 saturated heterocycles. The van der Waals surface area contributed by atoms with Gasteiger partial charge in [-0.3, -0.25) is 14.0 Å². The van der Waals surface area contributed by atoms with Crippen LogP contribution in [0.4, 0.5) is 0 Å². The fourth-order valence-electron chi connectivity index (χ4n) is 3.32. The molecule has 7 nitrogen and oxygen atoms in total. The predicted molar refractivity (Wildman–Crippen MR) is 104 cm³/mol. The first kappa shape index (κ1) is 18.2. The number of pyridine rings is 1. The summed E-state index contributed by atoms with van der Waals surface area (Å²) in [5.41, 5.74) is 2.09. The van der Waals surface area contributed by atoms with Gasteiger partial charge in [0, 0.05) is 25.8 Å². The SMILES string of the molecule is O=C(NCCc1ccccc1)c1nc(C(=O)N2CCOCC2)c2ccccn12. The van der Waals surface area contributed by atoms with Crippen LogP contribution >= 0.6 is 0 Å². The van der Waals surface area contributed by atoms with Gasteiger partial charge in [-0.25, -0.2) is 4.98 Å². The number of fused-ring (bicyclic) bond motifs is 1. The van der Waals surface area contributed by atoms with E-state index in [1.165, 1.54) is 0 Å². The number of carbonyl (C=O) groups is 2. The Hall–Kier alpha value is -3.19. The van der Waals surface area contributed by atoms with E-state index < -0.39 is 0 Å². The Labute approximate surface area is 162 Å². The molecular formula is C21H22N4O3. The zero-order valence-corrected chi connectivity index (χ0v) is 15.5. The van der Waals surface area contributed by atoms with Crippen LogP contribution in [0.1, 0.15) is 26.7 Å². The number of nitrogens with zero attached hydrogens (tertiary/aromatic N) is 3. The Kier molecular flexibility index (Phi) is 5.34. The average Bonchev–Trinajstić information content (AvgIpc) is 3.14. The summed E-state index contributed by atoms with van der Waals surface area (Å²) in [6, 6.07) is 15.4. The number of hydrogen-bond acceptors (Lipinski definition) is 4. The third-order valence-corrected chi connectivity index (χ3v) is 4.79. The smallest absolute Gasteiger partial charge is 0.287 e. The number of carbonyl (C=O) groups excluding carboxylic acids is 2. The number of nitrogens with one attached hydrogen (secondary N) is 1. The molecule has 3 aromatic rings. The molecule has 7 heteroatoms. The van der Waals surface area contributed by atoms with Gasteiger partial charge in [0.05, 0.1) is 18.7 Å². The highest BCUT2D eigenvalue weighted by Crippen LogP contribution is 2.16. The van der Waals surface area contributed by atoms with Gasteiger partial charge in [-0.1, -0.05) is 36.4 Å². The van der Waals surface area contributed by atoms with Crippen LogP contribution in [-0.4, -0.2) is 58.9 Å². The first-order valence-corrected chi connectivity index (χ1v) is 9.40. The number of ether oxygens (including phenoxy) is 1. The lowest BCUT2D eigenvalue weighted by Gasteiger charge is -2.26. The maximum atomic E-state index is 12.9. The lowest BCUT2D eigenvalue weighted by molar-refractivity contribution is 0.0300. The minimum absolute atomic E-state index is 0.171. The maximum absolute atomic E-state index is 12.9. The number of benzene rings is 1. The van der Waals surface area contributed by atoms with Crippen molar-refractivity contribution in [2.24, 2.45) is 0 Å². The number of imidazole rings is 1. The van der Waals surface area contributed by atoms with Crippen molar-refractivity contribution < 1.29 is 14.3 Å². The topological polar surface area (TPSA) is 75.9 Å². The van der Waals surface area contributed by atoms with Gasteiger partial charge in [-0.2, -0.15) is 0 Å². The van der Waals surface area contributed by atoms with E-state index in [1.807, 2.05) is 42.5 Å². The van der Waals surface area contributed by atoms with Gasteiger partial charge in [0.1, 0.15) is 0 Å². The molecule has 0 saturated carbocycles. The molecule has 4 rings (SSSR count). The van der Waals surface area contributed by atoms with E-state index in [4.69, 9.17) is 4.74 Å². The number of morpholine rings is 1. The normalized spacial score (nSPS) is 14.2. The Morgan fingerprint density at radius 3 is 2.57 bits per heavy atom. The largest absolute Gasteiger partial charge is 0.378 e. The summed E-state index contributed by atoms with van der Waals surface area (Å²) in [4.78, 5) is 31.8. The minimum Gasteiger partial charge on any atom is -0.378 e. The minimum atomic E-state index is -0.293. The third-order valence-electron chi connectivity index (χ3n) is 4.79. The van der Waals surface area contributed by atoms with Gasteiger partial charge in [0.15, 0.2) is 5.69 Å². The summed E-state index contributed by atoms with van der Waals surface area (Å²) in [7, 11) is 0. The van der Waals surface area contributed by atoms with Crippen LogP contribution in [0.15, 0.2) is 54.7 Å². The van der Waals surface area contributed by atoms with Crippen LogP contribution < -0.4 is 5.32 Å². The van der Waals surface area contributed by atoms with E-state index in [1.54, 1.807) is 21.6 Å². The highest BCUT2D eigenvalue weighted by Gasteiger charge is 2.26. The molecule has 3 heterocycles. The van der Waals surface area contributed by atoms with Gasteiger partial charge in [0.25, 0.3) is 11.8 Å². The monoisotopic (exact) mass is 378 g/mol. The van der Waals surface area contributed by atoms with Crippen molar-refractivity contribution in [1.29, 1.82) is 0 Å². The Balaban J connectivity index is 1.53. The van der Waals surface area contributed by atoms with Crippen LogP contribution in [0.3, 0.4) is 0 Å². The summed E-state index contributed by atoms with van der Waals surface area (Å²) in [6.45, 7) is 2.60. The highest BCUT2D eigenvalue weighted by atomic mass is 16.5. The number of amides is 2. The molecule has 1 aliphatic rings. The highest BCUT2D eigenvalue weighted by molar-refractivity contribution is 6.02. The van der Waals surface area contributed by atoms with Crippen molar-refractivity contribution in [2.45, 2.75) is 6.42 Å². The van der Waals surface area contributed by atoms with Crippen molar-refractivity contribution in [2.75, 3.05) is 32.8 Å². The van der Waals surface area contributed by atoms with Crippen molar-refractivity contribution in [3.8, 4) is 0 Å². The lowest BCUT2D eigenvalue weighted by Crippen LogP contribution is -2.41. The van der Waals surface area contributed by atoms with Crippen LogP contribution in [-0.2, 0) is 11.2 Å². The molecular weight excluding hydrogens is 356 g/mol. The lowest BCUT2D eigenvalue weighted by atomic mass is 10.1. The molecule has 1 aliphatic heterocycles. The molecule has 2 aromatic heterocycles. The molecule has 1 N–H and O–H groups in total. The molecule has 0 bridgehead atoms. The zero-order chi connectivity index (χ0) is 19.3. The standard InChI is InChI=1S/C21H22N4O3/c26-20(22-10-9-16-6-2-1-3-7-16)19-23-18(17-8-4-5-11-25(17)19)21(27)24-12-14-28-15-13-24/h1-8,11H,9-10,12-15H2,(H,22,26). The molecule has 0 aliphatic carbocycles. The second-order valence-electron chi connectivity index (χ2n) is 6.64. The molecule has 0 radical (unpaired) electrons. The Bertz CT molecular complexity index is 978. The molecule has 144 valence electrons. The first-order valence-electron chi connectivity index (χ1n) is 9.40. The average molecular weight is 378 g/mol. The van der Waals surface area contributed by atoms with Gasteiger partial charge in [0.2, 0.25) is 5.82 Å². The summed E-state index contributed by atoms with van der Waals surface area (Å²) in [6.07, 6.45) is 2.49. The number of aromatic nitrogens is 2. The Morgan fingerprint density at radius 1 is 1.04 bits per heavy atom. The van der Waals surface area contributed by atoms with Crippen molar-refractivity contribution in [1.82, 2.24) is 19.6 Å². The second kappa shape index (κ2) is 8.22. The fraction of sp³-hybridized carbons (Fsp3) is 0.286. The molecule has 1 aromatic carbocycles. The van der Waals surface area contributed by atoms with E-state index >= 15 is 0 Å². The maximum Gasteiger partial charge on any atom is 0.287 e. The molecule has 28 heavy (non-hydrogen) atoms. The van der Waals surface area contributed by atoms with Crippen molar-refractivity contribution in [3.05, 3.63) is 71.8 Å². The van der Waals surface area contributed by atoms with E-state index in [9.17, 15) is 9.59 Å². The van der Waals surface area contributed by atoms with E-state index in [0.29, 0.717) is 44.1 Å². The van der Waals surface area contributed by atoms with Crippen LogP contribution in [0.25, 0.3) is 5.52 Å². The van der Waals surface area contributed by atoms with Crippen molar-refractivity contribution >= 4 is 17.3 Å². The molecule has 0 unspecified atom stereocenters. The molecule has 1 fully saturated rings. The quantitative estimate of drug-likeness (QED) is 0.734. The van der Waals surface area contributed by atoms with Gasteiger partial charge < -0.3 is 15.0 Å². The van der Waals surface area contributed by atoms with Gasteiger partial charge in [-0.15, -0.1) is 0 Å². The van der Waals surface area contributed by atoms with Gasteiger partial charge in [-0.05, 0) is 24.1 Å².